The van der Waals surface area contributed by atoms with Crippen molar-refractivity contribution >= 4 is 11.6 Å². The van der Waals surface area contributed by atoms with Gasteiger partial charge in [0, 0.05) is 0 Å². The maximum Gasteiger partial charge on any atom is 0.364 e. The van der Waals surface area contributed by atoms with Gasteiger partial charge in [-0.25, -0.2) is 14.0 Å². The summed E-state index contributed by atoms with van der Waals surface area (Å²) in [5.41, 5.74) is 1.15. The number of fused-ring (bicyclic) bond motifs is 1. The molecule has 0 fully saturated rings. The molecule has 94 valence electrons. The predicted molar refractivity (Wildman–Crippen MR) is 70.2 cm³/mol. The van der Waals surface area contributed by atoms with Crippen molar-refractivity contribution in [1.82, 2.24) is 4.57 Å². The van der Waals surface area contributed by atoms with Crippen LogP contribution in [0.5, 0.6) is 5.75 Å². The van der Waals surface area contributed by atoms with Crippen molar-refractivity contribution in [3.8, 4) is 5.75 Å². The molecule has 0 saturated carbocycles. The molecular formula is C14H18N3O+. The lowest BCUT2D eigenvalue weighted by Crippen LogP contribution is -2.40. The highest BCUT2D eigenvalue weighted by molar-refractivity contribution is 5.65. The van der Waals surface area contributed by atoms with Gasteiger partial charge in [0.1, 0.15) is 18.8 Å². The Kier molecular flexibility index (Phi) is 2.70. The van der Waals surface area contributed by atoms with Crippen molar-refractivity contribution in [3.05, 3.63) is 36.7 Å². The highest BCUT2D eigenvalue weighted by Crippen LogP contribution is 2.34. The second-order valence-electron chi connectivity index (χ2n) is 4.46. The largest absolute Gasteiger partial charge is 0.487 e. The van der Waals surface area contributed by atoms with Crippen molar-refractivity contribution in [2.45, 2.75) is 13.5 Å². The van der Waals surface area contributed by atoms with Crippen LogP contribution in [0, 0.1) is 0 Å². The molecule has 0 saturated heterocycles. The molecule has 3 rings (SSSR count). The molecule has 1 aromatic heterocycles. The van der Waals surface area contributed by atoms with Gasteiger partial charge in [0.15, 0.2) is 5.75 Å². The van der Waals surface area contributed by atoms with E-state index >= 15 is 0 Å². The summed E-state index contributed by atoms with van der Waals surface area (Å²) in [5.74, 6) is 2.17. The maximum absolute atomic E-state index is 5.70. The number of ether oxygens (including phenoxy) is 1. The van der Waals surface area contributed by atoms with Crippen LogP contribution in [-0.4, -0.2) is 17.7 Å². The number of hydrogen-bond donors (Lipinski definition) is 0. The molecule has 1 aliphatic heterocycles. The van der Waals surface area contributed by atoms with E-state index in [1.54, 1.807) is 0 Å². The zero-order valence-electron chi connectivity index (χ0n) is 10.8. The van der Waals surface area contributed by atoms with Gasteiger partial charge in [-0.05, 0) is 19.1 Å². The Morgan fingerprint density at radius 1 is 1.33 bits per heavy atom. The van der Waals surface area contributed by atoms with Gasteiger partial charge in [-0.1, -0.05) is 12.1 Å². The third kappa shape index (κ3) is 1.65. The summed E-state index contributed by atoms with van der Waals surface area (Å²) in [6.45, 7) is 4.74. The van der Waals surface area contributed by atoms with E-state index in [0.717, 1.165) is 31.1 Å². The van der Waals surface area contributed by atoms with Gasteiger partial charge in [-0.3, -0.25) is 0 Å². The lowest BCUT2D eigenvalue weighted by molar-refractivity contribution is -0.657. The Balaban J connectivity index is 2.11. The second kappa shape index (κ2) is 4.37. The summed E-state index contributed by atoms with van der Waals surface area (Å²) in [6.07, 6.45) is 4.21. The van der Waals surface area contributed by atoms with Crippen LogP contribution in [0.25, 0.3) is 0 Å². The molecule has 1 aromatic carbocycles. The van der Waals surface area contributed by atoms with E-state index in [9.17, 15) is 0 Å². The van der Waals surface area contributed by atoms with E-state index in [2.05, 4.69) is 52.5 Å². The quantitative estimate of drug-likeness (QED) is 0.752. The molecule has 2 heterocycles. The fourth-order valence-corrected chi connectivity index (χ4v) is 2.49. The first-order valence-electron chi connectivity index (χ1n) is 6.35. The zero-order chi connectivity index (χ0) is 12.5. The van der Waals surface area contributed by atoms with Crippen LogP contribution >= 0.6 is 0 Å². The number of aryl methyl sites for hydroxylation is 2. The van der Waals surface area contributed by atoms with Gasteiger partial charge in [0.05, 0.1) is 26.0 Å². The first-order chi connectivity index (χ1) is 8.81. The van der Waals surface area contributed by atoms with Crippen LogP contribution in [0.3, 0.4) is 0 Å². The number of rotatable bonds is 2. The van der Waals surface area contributed by atoms with E-state index in [4.69, 9.17) is 4.74 Å². The van der Waals surface area contributed by atoms with Crippen molar-refractivity contribution in [3.63, 3.8) is 0 Å². The van der Waals surface area contributed by atoms with Crippen LogP contribution in [-0.2, 0) is 13.6 Å². The number of hydrogen-bond acceptors (Lipinski definition) is 2. The van der Waals surface area contributed by atoms with Gasteiger partial charge in [0.25, 0.3) is 0 Å². The minimum absolute atomic E-state index is 0.728. The fourth-order valence-electron chi connectivity index (χ4n) is 2.49. The van der Waals surface area contributed by atoms with Crippen LogP contribution in [0.4, 0.5) is 11.6 Å². The zero-order valence-corrected chi connectivity index (χ0v) is 10.8. The van der Waals surface area contributed by atoms with Gasteiger partial charge in [-0.15, -0.1) is 0 Å². The normalized spacial score (nSPS) is 14.2. The van der Waals surface area contributed by atoms with Crippen molar-refractivity contribution in [2.24, 2.45) is 7.05 Å². The third-order valence-electron chi connectivity index (χ3n) is 3.35. The highest BCUT2D eigenvalue weighted by Gasteiger charge is 2.29. The summed E-state index contributed by atoms with van der Waals surface area (Å²) >= 11 is 0. The molecule has 0 bridgehead atoms. The van der Waals surface area contributed by atoms with E-state index < -0.39 is 0 Å². The Hall–Kier alpha value is -1.97. The Labute approximate surface area is 107 Å². The summed E-state index contributed by atoms with van der Waals surface area (Å²) in [5, 5.41) is 0. The molecule has 0 radical (unpaired) electrons. The van der Waals surface area contributed by atoms with E-state index in [1.807, 2.05) is 12.1 Å². The molecule has 4 heteroatoms. The van der Waals surface area contributed by atoms with Gasteiger partial charge in [0.2, 0.25) is 0 Å². The van der Waals surface area contributed by atoms with Gasteiger partial charge >= 0.3 is 5.95 Å². The minimum atomic E-state index is 0.728. The van der Waals surface area contributed by atoms with Crippen LogP contribution in [0.15, 0.2) is 36.7 Å². The first kappa shape index (κ1) is 11.1. The molecule has 0 N–H and O–H groups in total. The van der Waals surface area contributed by atoms with Crippen LogP contribution in [0.2, 0.25) is 0 Å². The summed E-state index contributed by atoms with van der Waals surface area (Å²) in [6, 6.07) is 8.21. The smallest absolute Gasteiger partial charge is 0.364 e. The monoisotopic (exact) mass is 244 g/mol. The number of benzene rings is 1. The molecule has 0 aliphatic carbocycles. The van der Waals surface area contributed by atoms with Crippen molar-refractivity contribution in [2.75, 3.05) is 18.1 Å². The number of anilines is 2. The molecule has 0 atom stereocenters. The van der Waals surface area contributed by atoms with Crippen LogP contribution < -0.4 is 14.2 Å². The molecule has 2 aromatic rings. The van der Waals surface area contributed by atoms with E-state index in [1.165, 1.54) is 5.95 Å². The minimum Gasteiger partial charge on any atom is -0.487 e. The first-order valence-corrected chi connectivity index (χ1v) is 6.35. The second-order valence-corrected chi connectivity index (χ2v) is 4.46. The molecular weight excluding hydrogens is 226 g/mol. The van der Waals surface area contributed by atoms with E-state index in [-0.39, 0.29) is 0 Å². The lowest BCUT2D eigenvalue weighted by Gasteiger charge is -2.25. The highest BCUT2D eigenvalue weighted by atomic mass is 16.5. The number of imidazole rings is 1. The summed E-state index contributed by atoms with van der Waals surface area (Å²) in [4.78, 5) is 2.32. The van der Waals surface area contributed by atoms with E-state index in [0.29, 0.717) is 0 Å². The number of para-hydroxylation sites is 2. The summed E-state index contributed by atoms with van der Waals surface area (Å²) < 4.78 is 10.1. The standard InChI is InChI=1S/C14H18N3O/c1-3-16-9-8-15(2)14(16)17-10-11-18-13-7-5-4-6-12(13)17/h4-9H,3,10-11H2,1-2H3/q+1. The molecule has 0 unspecified atom stereocenters. The number of nitrogens with zero attached hydrogens (tertiary/aromatic N) is 3. The lowest BCUT2D eigenvalue weighted by atomic mass is 10.2. The van der Waals surface area contributed by atoms with Crippen LogP contribution in [0.1, 0.15) is 6.92 Å². The third-order valence-corrected chi connectivity index (χ3v) is 3.35. The van der Waals surface area contributed by atoms with Crippen molar-refractivity contribution in [1.29, 1.82) is 0 Å². The predicted octanol–water partition coefficient (Wildman–Crippen LogP) is 1.86. The topological polar surface area (TPSA) is 21.3 Å². The Bertz CT molecular complexity index is 562. The van der Waals surface area contributed by atoms with Gasteiger partial charge < -0.3 is 4.74 Å². The van der Waals surface area contributed by atoms with Crippen molar-refractivity contribution < 1.29 is 9.30 Å². The maximum atomic E-state index is 5.70. The number of aromatic nitrogens is 2. The molecule has 4 nitrogen and oxygen atoms in total. The molecule has 1 aliphatic rings. The Morgan fingerprint density at radius 3 is 3.00 bits per heavy atom. The molecule has 0 spiro atoms. The Morgan fingerprint density at radius 2 is 2.17 bits per heavy atom. The average molecular weight is 244 g/mol. The fraction of sp³-hybridized carbons (Fsp3) is 0.357. The summed E-state index contributed by atoms with van der Waals surface area (Å²) in [7, 11) is 2.08. The molecule has 0 amide bonds. The molecule has 18 heavy (non-hydrogen) atoms. The van der Waals surface area contributed by atoms with Gasteiger partial charge in [-0.2, -0.15) is 0 Å². The average Bonchev–Trinajstić information content (AvgIpc) is 2.79. The SMILES string of the molecule is CCn1cc[n+](C)c1N1CCOc2ccccc21.